The summed E-state index contributed by atoms with van der Waals surface area (Å²) in [6.45, 7) is 2.15. The Hall–Kier alpha value is -2.51. The maximum absolute atomic E-state index is 13.4. The number of nitrogens with one attached hydrogen (secondary N) is 1. The smallest absolute Gasteiger partial charge is 0.265 e. The highest BCUT2D eigenvalue weighted by molar-refractivity contribution is 7.21. The number of carbonyl (C=O) groups is 2. The molecule has 0 aliphatic heterocycles. The molecule has 0 fully saturated rings. The maximum atomic E-state index is 13.4. The van der Waals surface area contributed by atoms with Crippen molar-refractivity contribution >= 4 is 44.8 Å². The van der Waals surface area contributed by atoms with Gasteiger partial charge in [-0.3, -0.25) is 9.59 Å². The minimum Gasteiger partial charge on any atom is -0.350 e. The third kappa shape index (κ3) is 4.48. The number of nitrogens with zero attached hydrogens (tertiary/aromatic N) is 1. The van der Waals surface area contributed by atoms with Crippen molar-refractivity contribution < 1.29 is 18.4 Å². The number of benzene rings is 2. The number of carbonyl (C=O) groups excluding carboxylic acids is 2. The zero-order chi connectivity index (χ0) is 20.3. The van der Waals surface area contributed by atoms with Gasteiger partial charge in [0.25, 0.3) is 5.91 Å². The Balaban J connectivity index is 1.68. The molecule has 1 N–H and O–H groups in total. The molecule has 2 aromatic carbocycles. The van der Waals surface area contributed by atoms with Gasteiger partial charge in [0, 0.05) is 23.2 Å². The normalized spacial score (nSPS) is 10.9. The molecular formula is C20H17ClF2N2O2S. The second-order valence-corrected chi connectivity index (χ2v) is 7.54. The van der Waals surface area contributed by atoms with Crippen LogP contribution in [0.25, 0.3) is 10.1 Å². The van der Waals surface area contributed by atoms with Gasteiger partial charge in [-0.15, -0.1) is 11.3 Å². The average molecular weight is 423 g/mol. The van der Waals surface area contributed by atoms with Crippen LogP contribution < -0.4 is 5.32 Å². The van der Waals surface area contributed by atoms with Crippen molar-refractivity contribution in [3.63, 3.8) is 0 Å². The Morgan fingerprint density at radius 2 is 1.79 bits per heavy atom. The van der Waals surface area contributed by atoms with E-state index in [-0.39, 0.29) is 40.6 Å². The summed E-state index contributed by atoms with van der Waals surface area (Å²) in [4.78, 5) is 26.7. The highest BCUT2D eigenvalue weighted by Crippen LogP contribution is 2.36. The van der Waals surface area contributed by atoms with Crippen LogP contribution >= 0.6 is 22.9 Å². The van der Waals surface area contributed by atoms with Gasteiger partial charge in [-0.05, 0) is 42.8 Å². The van der Waals surface area contributed by atoms with E-state index in [1.54, 1.807) is 19.1 Å². The van der Waals surface area contributed by atoms with E-state index in [2.05, 4.69) is 5.32 Å². The number of rotatable bonds is 6. The Bertz CT molecular complexity index is 1020. The summed E-state index contributed by atoms with van der Waals surface area (Å²) in [5.74, 6) is -1.48. The van der Waals surface area contributed by atoms with Gasteiger partial charge in [-0.2, -0.15) is 0 Å². The minimum absolute atomic E-state index is 0.143. The molecule has 8 heteroatoms. The zero-order valence-corrected chi connectivity index (χ0v) is 16.5. The van der Waals surface area contributed by atoms with E-state index in [9.17, 15) is 18.4 Å². The molecular weight excluding hydrogens is 406 g/mol. The topological polar surface area (TPSA) is 49.4 Å². The molecule has 0 radical (unpaired) electrons. The van der Waals surface area contributed by atoms with Crippen molar-refractivity contribution in [2.75, 3.05) is 13.1 Å². The van der Waals surface area contributed by atoms with E-state index in [4.69, 9.17) is 11.6 Å². The molecule has 3 rings (SSSR count). The third-order valence-corrected chi connectivity index (χ3v) is 5.84. The predicted molar refractivity (Wildman–Crippen MR) is 107 cm³/mol. The van der Waals surface area contributed by atoms with Gasteiger partial charge < -0.3 is 10.2 Å². The summed E-state index contributed by atoms with van der Waals surface area (Å²) in [6.07, 6.45) is 0. The highest BCUT2D eigenvalue weighted by atomic mass is 35.5. The lowest BCUT2D eigenvalue weighted by Gasteiger charge is -2.20. The molecule has 1 aromatic heterocycles. The Morgan fingerprint density at radius 1 is 1.11 bits per heavy atom. The molecule has 0 aliphatic rings. The lowest BCUT2D eigenvalue weighted by Crippen LogP contribution is -2.40. The molecule has 28 heavy (non-hydrogen) atoms. The van der Waals surface area contributed by atoms with Crippen LogP contribution in [0.15, 0.2) is 42.5 Å². The van der Waals surface area contributed by atoms with E-state index < -0.39 is 5.82 Å². The largest absolute Gasteiger partial charge is 0.350 e. The van der Waals surface area contributed by atoms with Gasteiger partial charge in [-0.25, -0.2) is 8.78 Å². The Morgan fingerprint density at radius 3 is 2.46 bits per heavy atom. The lowest BCUT2D eigenvalue weighted by molar-refractivity contribution is -0.121. The molecule has 0 bridgehead atoms. The molecule has 0 saturated heterocycles. The molecule has 0 unspecified atom stereocenters. The molecule has 0 saturated carbocycles. The van der Waals surface area contributed by atoms with Crippen LogP contribution in [-0.4, -0.2) is 29.8 Å². The highest BCUT2D eigenvalue weighted by Gasteiger charge is 2.23. The second kappa shape index (κ2) is 8.67. The second-order valence-electron chi connectivity index (χ2n) is 6.11. The van der Waals surface area contributed by atoms with Crippen molar-refractivity contribution in [2.45, 2.75) is 13.5 Å². The van der Waals surface area contributed by atoms with Crippen LogP contribution in [0.5, 0.6) is 0 Å². The first-order valence-corrected chi connectivity index (χ1v) is 9.76. The standard InChI is InChI=1S/C20H17ClF2N2O2S/c1-2-25(11-17(26)24-10-12-3-5-13(22)6-4-12)20(27)19-18(21)15-8-7-14(23)9-16(15)28-19/h3-9H,2,10-11H2,1H3,(H,24,26). The van der Waals surface area contributed by atoms with Crippen LogP contribution in [0.4, 0.5) is 8.78 Å². The van der Waals surface area contributed by atoms with Crippen molar-refractivity contribution in [1.29, 1.82) is 0 Å². The maximum Gasteiger partial charge on any atom is 0.265 e. The van der Waals surface area contributed by atoms with E-state index >= 15 is 0 Å². The lowest BCUT2D eigenvalue weighted by atomic mass is 10.2. The first kappa shape index (κ1) is 20.2. The van der Waals surface area contributed by atoms with Crippen LogP contribution in [-0.2, 0) is 11.3 Å². The quantitative estimate of drug-likeness (QED) is 0.630. The molecule has 0 spiro atoms. The van der Waals surface area contributed by atoms with Gasteiger partial charge >= 0.3 is 0 Å². The number of hydrogen-bond donors (Lipinski definition) is 1. The summed E-state index contributed by atoms with van der Waals surface area (Å²) >= 11 is 7.40. The van der Waals surface area contributed by atoms with Crippen molar-refractivity contribution in [1.82, 2.24) is 10.2 Å². The number of thiophene rings is 1. The molecule has 1 heterocycles. The van der Waals surface area contributed by atoms with Crippen LogP contribution in [0.3, 0.4) is 0 Å². The van der Waals surface area contributed by atoms with Crippen LogP contribution in [0.1, 0.15) is 22.2 Å². The number of halogens is 3. The van der Waals surface area contributed by atoms with Crippen LogP contribution in [0, 0.1) is 11.6 Å². The van der Waals surface area contributed by atoms with Crippen molar-refractivity contribution in [3.05, 3.63) is 69.6 Å². The first-order valence-electron chi connectivity index (χ1n) is 8.57. The van der Waals surface area contributed by atoms with Gasteiger partial charge in [0.05, 0.1) is 11.6 Å². The summed E-state index contributed by atoms with van der Waals surface area (Å²) in [5, 5.41) is 3.57. The number of hydrogen-bond acceptors (Lipinski definition) is 3. The minimum atomic E-state index is -0.406. The molecule has 0 atom stereocenters. The fourth-order valence-corrected chi connectivity index (χ4v) is 4.18. The number of likely N-dealkylation sites (N-methyl/N-ethyl adjacent to an activating group) is 1. The molecule has 146 valence electrons. The fraction of sp³-hybridized carbons (Fsp3) is 0.200. The van der Waals surface area contributed by atoms with Gasteiger partial charge in [0.1, 0.15) is 16.5 Å². The fourth-order valence-electron chi connectivity index (χ4n) is 2.68. The monoisotopic (exact) mass is 422 g/mol. The molecule has 4 nitrogen and oxygen atoms in total. The van der Waals surface area contributed by atoms with Crippen molar-refractivity contribution in [3.8, 4) is 0 Å². The number of amides is 2. The van der Waals surface area contributed by atoms with E-state index in [0.717, 1.165) is 16.9 Å². The molecule has 2 amide bonds. The zero-order valence-electron chi connectivity index (χ0n) is 15.0. The van der Waals surface area contributed by atoms with Crippen molar-refractivity contribution in [2.24, 2.45) is 0 Å². The number of fused-ring (bicyclic) bond motifs is 1. The first-order chi connectivity index (χ1) is 13.4. The van der Waals surface area contributed by atoms with Gasteiger partial charge in [0.15, 0.2) is 0 Å². The molecule has 3 aromatic rings. The summed E-state index contributed by atoms with van der Waals surface area (Å²) < 4.78 is 26.9. The summed E-state index contributed by atoms with van der Waals surface area (Å²) in [7, 11) is 0. The summed E-state index contributed by atoms with van der Waals surface area (Å²) in [6, 6.07) is 9.93. The van der Waals surface area contributed by atoms with Gasteiger partial charge in [0.2, 0.25) is 5.91 Å². The van der Waals surface area contributed by atoms with E-state index in [1.807, 2.05) is 0 Å². The molecule has 0 aliphatic carbocycles. The average Bonchev–Trinajstić information content (AvgIpc) is 3.00. The SMILES string of the molecule is CCN(CC(=O)NCc1ccc(F)cc1)C(=O)c1sc2cc(F)ccc2c1Cl. The van der Waals surface area contributed by atoms with Crippen LogP contribution in [0.2, 0.25) is 5.02 Å². The Kier molecular flexibility index (Phi) is 6.26. The van der Waals surface area contributed by atoms with E-state index in [1.165, 1.54) is 35.2 Å². The summed E-state index contributed by atoms with van der Waals surface area (Å²) in [5.41, 5.74) is 0.749. The van der Waals surface area contributed by atoms with E-state index in [0.29, 0.717) is 16.6 Å². The third-order valence-electron chi connectivity index (χ3n) is 4.19. The predicted octanol–water partition coefficient (Wildman–Crippen LogP) is 4.61. The Labute approximate surface area is 169 Å². The van der Waals surface area contributed by atoms with Gasteiger partial charge in [-0.1, -0.05) is 23.7 Å².